The Morgan fingerprint density at radius 2 is 1.81 bits per heavy atom. The summed E-state index contributed by atoms with van der Waals surface area (Å²) >= 11 is 0. The number of rotatable bonds is 4. The molecule has 0 unspecified atom stereocenters. The quantitative estimate of drug-likeness (QED) is 0.456. The summed E-state index contributed by atoms with van der Waals surface area (Å²) in [7, 11) is -3.45. The summed E-state index contributed by atoms with van der Waals surface area (Å²) in [4.78, 5) is 3.97. The third kappa shape index (κ3) is 4.07. The zero-order chi connectivity index (χ0) is 22.5. The molecular formula is C18H17F4N5O3S. The molecule has 0 spiro atoms. The second-order valence-electron chi connectivity index (χ2n) is 7.23. The van der Waals surface area contributed by atoms with Gasteiger partial charge in [-0.2, -0.15) is 4.31 Å². The van der Waals surface area contributed by atoms with Gasteiger partial charge in [-0.05, 0) is 12.5 Å². The minimum absolute atomic E-state index is 0.0517. The Hall–Kier alpha value is -2.77. The highest BCUT2D eigenvalue weighted by atomic mass is 32.2. The molecule has 2 atom stereocenters. The number of aliphatic hydroxyl groups is 1. The molecule has 1 saturated heterocycles. The summed E-state index contributed by atoms with van der Waals surface area (Å²) < 4.78 is 80.8. The highest BCUT2D eigenvalue weighted by Crippen LogP contribution is 2.29. The Balaban J connectivity index is 1.66. The Kier molecular flexibility index (Phi) is 5.35. The number of hydrogen-bond donors (Lipinski definition) is 2. The van der Waals surface area contributed by atoms with E-state index in [4.69, 9.17) is 0 Å². The van der Waals surface area contributed by atoms with Crippen LogP contribution in [0.2, 0.25) is 0 Å². The lowest BCUT2D eigenvalue weighted by atomic mass is 10.0. The molecule has 8 nitrogen and oxygen atoms in total. The molecule has 0 saturated carbocycles. The first-order valence-corrected chi connectivity index (χ1v) is 11.0. The molecule has 0 aliphatic carbocycles. The topological polar surface area (TPSA) is 99.8 Å². The van der Waals surface area contributed by atoms with Crippen molar-refractivity contribution in [2.45, 2.75) is 18.6 Å². The predicted molar refractivity (Wildman–Crippen MR) is 103 cm³/mol. The molecule has 2 N–H and O–H groups in total. The molecular weight excluding hydrogens is 442 g/mol. The third-order valence-corrected chi connectivity index (χ3v) is 6.35. The lowest BCUT2D eigenvalue weighted by Gasteiger charge is -2.34. The molecule has 1 fully saturated rings. The number of nitrogens with one attached hydrogen (secondary N) is 1. The second kappa shape index (κ2) is 7.73. The van der Waals surface area contributed by atoms with Gasteiger partial charge in [0.2, 0.25) is 16.0 Å². The summed E-state index contributed by atoms with van der Waals surface area (Å²) in [5.74, 6) is -4.64. The molecule has 31 heavy (non-hydrogen) atoms. The minimum Gasteiger partial charge on any atom is -0.390 e. The van der Waals surface area contributed by atoms with Gasteiger partial charge >= 0.3 is 0 Å². The van der Waals surface area contributed by atoms with Crippen molar-refractivity contribution in [3.63, 3.8) is 0 Å². The molecule has 3 aromatic rings. The van der Waals surface area contributed by atoms with Gasteiger partial charge in [-0.25, -0.2) is 35.5 Å². The maximum Gasteiger partial charge on any atom is 0.241 e. The number of benzene rings is 1. The van der Waals surface area contributed by atoms with Crippen LogP contribution in [0.1, 0.15) is 6.42 Å². The zero-order valence-electron chi connectivity index (χ0n) is 16.1. The van der Waals surface area contributed by atoms with Gasteiger partial charge in [0.15, 0.2) is 17.5 Å². The van der Waals surface area contributed by atoms with Crippen LogP contribution in [0.15, 0.2) is 24.4 Å². The van der Waals surface area contributed by atoms with Crippen molar-refractivity contribution in [2.24, 2.45) is 0 Å². The molecule has 1 aliphatic heterocycles. The Morgan fingerprint density at radius 3 is 2.48 bits per heavy atom. The summed E-state index contributed by atoms with van der Waals surface area (Å²) in [6.07, 6.45) is 1.35. The molecule has 0 bridgehead atoms. The average Bonchev–Trinajstić information content (AvgIpc) is 3.01. The van der Waals surface area contributed by atoms with Crippen LogP contribution in [0.5, 0.6) is 0 Å². The Labute approximate surface area is 174 Å². The van der Waals surface area contributed by atoms with Crippen LogP contribution in [0.4, 0.5) is 23.5 Å². The number of β-amino-alcohol motifs (C(OH)–C–C–N with tert-alkyl or cyclic N) is 1. The van der Waals surface area contributed by atoms with E-state index in [1.165, 1.54) is 0 Å². The lowest BCUT2D eigenvalue weighted by Crippen LogP contribution is -2.51. The van der Waals surface area contributed by atoms with Crippen LogP contribution in [0.25, 0.3) is 16.8 Å². The Morgan fingerprint density at radius 1 is 1.10 bits per heavy atom. The van der Waals surface area contributed by atoms with Crippen LogP contribution >= 0.6 is 0 Å². The number of hydrogen-bond acceptors (Lipinski definition) is 6. The monoisotopic (exact) mass is 459 g/mol. The van der Waals surface area contributed by atoms with Crippen LogP contribution in [0.3, 0.4) is 0 Å². The summed E-state index contributed by atoms with van der Waals surface area (Å²) in [5, 5.41) is 17.2. The van der Waals surface area contributed by atoms with Gasteiger partial charge in [0.25, 0.3) is 0 Å². The molecule has 166 valence electrons. The third-order valence-electron chi connectivity index (χ3n) is 5.08. The standard InChI is InChI=1S/C18H17F4N5O3S/c1-31(29,30)26-3-2-14(17(28)8-26)24-18-23-7-16-13(22)6-15(27(16)25-18)9-4-11(20)12(21)5-10(9)19/h4-7,14,17,28H,2-3,8H2,1H3,(H,24,25)/t14-,17-/m1/s1. The van der Waals surface area contributed by atoms with E-state index >= 15 is 0 Å². The van der Waals surface area contributed by atoms with Gasteiger partial charge in [-0.15, -0.1) is 5.10 Å². The average molecular weight is 459 g/mol. The van der Waals surface area contributed by atoms with E-state index in [2.05, 4.69) is 15.4 Å². The first kappa shape index (κ1) is 21.5. The fourth-order valence-electron chi connectivity index (χ4n) is 3.47. The molecule has 0 amide bonds. The predicted octanol–water partition coefficient (Wildman–Crippen LogP) is 1.76. The van der Waals surface area contributed by atoms with Crippen LogP contribution < -0.4 is 5.32 Å². The summed E-state index contributed by atoms with van der Waals surface area (Å²) in [5.41, 5.74) is -0.692. The van der Waals surface area contributed by atoms with Crippen molar-refractivity contribution in [1.29, 1.82) is 0 Å². The molecule has 0 radical (unpaired) electrons. The summed E-state index contributed by atoms with van der Waals surface area (Å²) in [6.45, 7) is 0.0431. The van der Waals surface area contributed by atoms with Crippen LogP contribution in [0, 0.1) is 23.3 Å². The number of anilines is 1. The van der Waals surface area contributed by atoms with Gasteiger partial charge < -0.3 is 10.4 Å². The van der Waals surface area contributed by atoms with Gasteiger partial charge in [-0.3, -0.25) is 0 Å². The number of halogens is 4. The number of piperidine rings is 1. The van der Waals surface area contributed by atoms with Crippen molar-refractivity contribution in [3.8, 4) is 11.3 Å². The van der Waals surface area contributed by atoms with E-state index < -0.39 is 51.0 Å². The van der Waals surface area contributed by atoms with E-state index in [0.29, 0.717) is 12.1 Å². The maximum atomic E-state index is 14.3. The Bertz CT molecular complexity index is 1270. The van der Waals surface area contributed by atoms with Gasteiger partial charge in [0.1, 0.15) is 11.3 Å². The molecule has 1 aromatic carbocycles. The van der Waals surface area contributed by atoms with Gasteiger partial charge in [0.05, 0.1) is 30.3 Å². The number of fused-ring (bicyclic) bond motifs is 1. The number of nitrogens with zero attached hydrogens (tertiary/aromatic N) is 4. The smallest absolute Gasteiger partial charge is 0.241 e. The zero-order valence-corrected chi connectivity index (χ0v) is 16.9. The van der Waals surface area contributed by atoms with Crippen molar-refractivity contribution >= 4 is 21.5 Å². The van der Waals surface area contributed by atoms with Crippen molar-refractivity contribution in [2.75, 3.05) is 24.7 Å². The SMILES string of the molecule is CS(=O)(=O)N1CC[C@@H](Nc2ncc3c(F)cc(-c4cc(F)c(F)cc4F)n3n2)[C@H](O)C1. The fraction of sp³-hybridized carbons (Fsp3) is 0.333. The summed E-state index contributed by atoms with van der Waals surface area (Å²) in [6, 6.07) is 1.28. The molecule has 4 rings (SSSR count). The molecule has 13 heteroatoms. The number of aliphatic hydroxyl groups excluding tert-OH is 1. The first-order valence-electron chi connectivity index (χ1n) is 9.13. The first-order chi connectivity index (χ1) is 14.5. The highest BCUT2D eigenvalue weighted by Gasteiger charge is 2.32. The minimum atomic E-state index is -3.45. The van der Waals surface area contributed by atoms with Crippen molar-refractivity contribution in [3.05, 3.63) is 47.7 Å². The molecule has 2 aromatic heterocycles. The second-order valence-corrected chi connectivity index (χ2v) is 9.21. The van der Waals surface area contributed by atoms with Crippen LogP contribution in [-0.2, 0) is 10.0 Å². The molecule has 1 aliphatic rings. The van der Waals surface area contributed by atoms with Gasteiger partial charge in [0, 0.05) is 30.8 Å². The lowest BCUT2D eigenvalue weighted by molar-refractivity contribution is 0.0950. The largest absolute Gasteiger partial charge is 0.390 e. The molecule has 3 heterocycles. The van der Waals surface area contributed by atoms with E-state index in [9.17, 15) is 31.1 Å². The number of sulfonamides is 1. The van der Waals surface area contributed by atoms with Crippen LogP contribution in [-0.4, -0.2) is 63.9 Å². The van der Waals surface area contributed by atoms with E-state index in [1.807, 2.05) is 0 Å². The fourth-order valence-corrected chi connectivity index (χ4v) is 4.33. The number of aromatic nitrogens is 3. The van der Waals surface area contributed by atoms with Gasteiger partial charge in [-0.1, -0.05) is 0 Å². The van der Waals surface area contributed by atoms with Crippen molar-refractivity contribution in [1.82, 2.24) is 18.9 Å². The maximum absolute atomic E-state index is 14.3. The normalized spacial score (nSPS) is 20.3. The van der Waals surface area contributed by atoms with E-state index in [-0.39, 0.29) is 36.7 Å². The highest BCUT2D eigenvalue weighted by molar-refractivity contribution is 7.88. The van der Waals surface area contributed by atoms with E-state index in [1.54, 1.807) is 0 Å². The van der Waals surface area contributed by atoms with E-state index in [0.717, 1.165) is 27.3 Å². The van der Waals surface area contributed by atoms with Crippen molar-refractivity contribution < 1.29 is 31.1 Å².